The van der Waals surface area contributed by atoms with Gasteiger partial charge in [0.25, 0.3) is 0 Å². The van der Waals surface area contributed by atoms with Crippen molar-refractivity contribution < 1.29 is 23.9 Å². The maximum Gasteiger partial charge on any atom is 0.411 e. The van der Waals surface area contributed by atoms with Crippen LogP contribution in [0.5, 0.6) is 0 Å². The summed E-state index contributed by atoms with van der Waals surface area (Å²) in [5.74, 6) is 0.0777. The van der Waals surface area contributed by atoms with Crippen molar-refractivity contribution in [2.45, 2.75) is 32.5 Å². The van der Waals surface area contributed by atoms with Gasteiger partial charge in [0, 0.05) is 30.8 Å². The molecule has 3 aromatic rings. The van der Waals surface area contributed by atoms with Crippen LogP contribution < -0.4 is 5.32 Å². The third kappa shape index (κ3) is 6.11. The number of amides is 2. The number of likely N-dealkylation sites (tertiary alicyclic amines) is 1. The van der Waals surface area contributed by atoms with Crippen molar-refractivity contribution in [1.82, 2.24) is 4.90 Å². The van der Waals surface area contributed by atoms with E-state index in [9.17, 15) is 14.4 Å². The summed E-state index contributed by atoms with van der Waals surface area (Å²) < 4.78 is 10.8. The molecule has 5 rings (SSSR count). The van der Waals surface area contributed by atoms with Crippen LogP contribution in [0.15, 0.2) is 91.0 Å². The average Bonchev–Trinajstić information content (AvgIpc) is 3.27. The number of ether oxygens (including phenoxy) is 2. The number of allylic oxidation sites excluding steroid dienone is 2. The lowest BCUT2D eigenvalue weighted by atomic mass is 9.78. The molecule has 0 saturated carbocycles. The van der Waals surface area contributed by atoms with Gasteiger partial charge in [0.1, 0.15) is 13.2 Å². The van der Waals surface area contributed by atoms with E-state index in [0.29, 0.717) is 43.6 Å². The number of carbonyl (C=O) groups is 3. The van der Waals surface area contributed by atoms with Crippen molar-refractivity contribution in [2.24, 2.45) is 5.41 Å². The van der Waals surface area contributed by atoms with Crippen molar-refractivity contribution in [1.29, 1.82) is 0 Å². The van der Waals surface area contributed by atoms with Gasteiger partial charge in [0.2, 0.25) is 0 Å². The van der Waals surface area contributed by atoms with E-state index in [0.717, 1.165) is 16.7 Å². The van der Waals surface area contributed by atoms with Gasteiger partial charge in [-0.1, -0.05) is 78.9 Å². The third-order valence-electron chi connectivity index (χ3n) is 7.12. The maximum atomic E-state index is 13.0. The fourth-order valence-corrected chi connectivity index (χ4v) is 5.00. The third-order valence-corrected chi connectivity index (χ3v) is 7.12. The topological polar surface area (TPSA) is 84.9 Å². The SMILES string of the molecule is O=C(Nc1cccc(C2=CC3(CCN(C(=O)OCc4ccccc4)CC3)CC2=O)c1)OCc1ccccc1. The van der Waals surface area contributed by atoms with E-state index in [1.54, 1.807) is 17.0 Å². The monoisotopic (exact) mass is 510 g/mol. The van der Waals surface area contributed by atoms with Crippen LogP contribution in [0, 0.1) is 5.41 Å². The molecule has 0 atom stereocenters. The lowest BCUT2D eigenvalue weighted by Crippen LogP contribution is -2.42. The molecule has 2 amide bonds. The number of rotatable bonds is 6. The largest absolute Gasteiger partial charge is 0.445 e. The zero-order chi connectivity index (χ0) is 26.4. The van der Waals surface area contributed by atoms with Crippen LogP contribution >= 0.6 is 0 Å². The Hall–Kier alpha value is -4.39. The molecule has 1 spiro atoms. The maximum absolute atomic E-state index is 13.0. The highest BCUT2D eigenvalue weighted by Gasteiger charge is 2.42. The molecular weight excluding hydrogens is 480 g/mol. The highest BCUT2D eigenvalue weighted by atomic mass is 16.6. The second-order valence-corrected chi connectivity index (χ2v) is 9.82. The Labute approximate surface area is 222 Å². The Balaban J connectivity index is 1.17. The van der Waals surface area contributed by atoms with Crippen LogP contribution in [0.2, 0.25) is 0 Å². The zero-order valence-electron chi connectivity index (χ0n) is 21.1. The van der Waals surface area contributed by atoms with Gasteiger partial charge in [-0.25, -0.2) is 9.59 Å². The number of Topliss-reactive ketones (excluding diaryl/α,β-unsaturated/α-hetero) is 1. The minimum Gasteiger partial charge on any atom is -0.445 e. The molecule has 1 N–H and O–H groups in total. The van der Waals surface area contributed by atoms with Gasteiger partial charge in [-0.2, -0.15) is 0 Å². The van der Waals surface area contributed by atoms with E-state index in [1.165, 1.54) is 0 Å². The fourth-order valence-electron chi connectivity index (χ4n) is 5.00. The van der Waals surface area contributed by atoms with Crippen molar-refractivity contribution in [3.8, 4) is 0 Å². The first-order valence-electron chi connectivity index (χ1n) is 12.8. The summed E-state index contributed by atoms with van der Waals surface area (Å²) in [4.78, 5) is 39.6. The first-order chi connectivity index (χ1) is 18.5. The summed E-state index contributed by atoms with van der Waals surface area (Å²) in [5, 5.41) is 2.75. The lowest BCUT2D eigenvalue weighted by Gasteiger charge is -2.37. The number of nitrogens with one attached hydrogen (secondary N) is 1. The molecule has 0 bridgehead atoms. The Morgan fingerprint density at radius 3 is 2.11 bits per heavy atom. The molecule has 38 heavy (non-hydrogen) atoms. The summed E-state index contributed by atoms with van der Waals surface area (Å²) in [5.41, 5.74) is 3.57. The van der Waals surface area contributed by atoms with E-state index >= 15 is 0 Å². The van der Waals surface area contributed by atoms with Crippen molar-refractivity contribution >= 4 is 29.2 Å². The molecule has 3 aromatic carbocycles. The first kappa shape index (κ1) is 25.3. The summed E-state index contributed by atoms with van der Waals surface area (Å²) >= 11 is 0. The van der Waals surface area contributed by atoms with Crippen molar-refractivity contribution in [2.75, 3.05) is 18.4 Å². The molecule has 2 aliphatic rings. The van der Waals surface area contributed by atoms with Gasteiger partial charge >= 0.3 is 12.2 Å². The summed E-state index contributed by atoms with van der Waals surface area (Å²) in [6.07, 6.45) is 3.01. The van der Waals surface area contributed by atoms with Crippen molar-refractivity contribution in [3.05, 3.63) is 108 Å². The number of ketones is 1. The summed E-state index contributed by atoms with van der Waals surface area (Å²) in [7, 11) is 0. The first-order valence-corrected chi connectivity index (χ1v) is 12.8. The molecule has 0 unspecified atom stereocenters. The average molecular weight is 511 g/mol. The molecule has 1 aliphatic heterocycles. The van der Waals surface area contributed by atoms with Crippen LogP contribution in [0.4, 0.5) is 15.3 Å². The molecular formula is C31H30N2O5. The lowest BCUT2D eigenvalue weighted by molar-refractivity contribution is -0.114. The number of nitrogens with zero attached hydrogens (tertiary/aromatic N) is 1. The standard InChI is InChI=1S/C31H30N2O5/c34-28-20-31(14-16-33(17-15-31)30(36)38-22-24-10-5-2-6-11-24)19-27(28)25-12-7-13-26(18-25)32-29(35)37-21-23-8-3-1-4-9-23/h1-13,18-19H,14-17,20-22H2,(H,32,35). The van der Waals surface area contributed by atoms with E-state index in [-0.39, 0.29) is 30.5 Å². The number of benzene rings is 3. The van der Waals surface area contributed by atoms with Gasteiger partial charge in [0.15, 0.2) is 5.78 Å². The van der Waals surface area contributed by atoms with E-state index in [2.05, 4.69) is 11.4 Å². The van der Waals surface area contributed by atoms with Gasteiger partial charge < -0.3 is 14.4 Å². The number of carbonyl (C=O) groups excluding carboxylic acids is 3. The van der Waals surface area contributed by atoms with Gasteiger partial charge in [-0.3, -0.25) is 10.1 Å². The fraction of sp³-hybridized carbons (Fsp3) is 0.258. The number of piperidine rings is 1. The highest BCUT2D eigenvalue weighted by molar-refractivity contribution is 6.23. The number of anilines is 1. The van der Waals surface area contributed by atoms with E-state index < -0.39 is 6.09 Å². The van der Waals surface area contributed by atoms with Crippen LogP contribution in [0.25, 0.3) is 5.57 Å². The molecule has 1 aliphatic carbocycles. The zero-order valence-corrected chi connectivity index (χ0v) is 21.1. The second kappa shape index (κ2) is 11.3. The van der Waals surface area contributed by atoms with E-state index in [4.69, 9.17) is 9.47 Å². The smallest absolute Gasteiger partial charge is 0.411 e. The molecule has 7 heteroatoms. The Bertz CT molecular complexity index is 1330. The molecule has 1 heterocycles. The molecule has 1 saturated heterocycles. The van der Waals surface area contributed by atoms with Crippen LogP contribution in [0.3, 0.4) is 0 Å². The van der Waals surface area contributed by atoms with E-state index in [1.807, 2.05) is 72.8 Å². The molecule has 1 fully saturated rings. The minimum absolute atomic E-state index is 0.0777. The predicted octanol–water partition coefficient (Wildman–Crippen LogP) is 6.21. The van der Waals surface area contributed by atoms with Gasteiger partial charge in [0.05, 0.1) is 0 Å². The van der Waals surface area contributed by atoms with Crippen LogP contribution in [-0.4, -0.2) is 36.0 Å². The summed E-state index contributed by atoms with van der Waals surface area (Å²) in [6, 6.07) is 26.3. The van der Waals surface area contributed by atoms with Gasteiger partial charge in [-0.15, -0.1) is 0 Å². The quantitative estimate of drug-likeness (QED) is 0.426. The second-order valence-electron chi connectivity index (χ2n) is 9.82. The Morgan fingerprint density at radius 1 is 0.816 bits per heavy atom. The summed E-state index contributed by atoms with van der Waals surface area (Å²) in [6.45, 7) is 1.50. The van der Waals surface area contributed by atoms with Crippen molar-refractivity contribution in [3.63, 3.8) is 0 Å². The number of hydrogen-bond donors (Lipinski definition) is 1. The van der Waals surface area contributed by atoms with Crippen LogP contribution in [0.1, 0.15) is 36.0 Å². The molecule has 194 valence electrons. The predicted molar refractivity (Wildman–Crippen MR) is 144 cm³/mol. The van der Waals surface area contributed by atoms with Gasteiger partial charge in [-0.05, 0) is 47.1 Å². The molecule has 0 radical (unpaired) electrons. The Morgan fingerprint density at radius 2 is 1.45 bits per heavy atom. The minimum atomic E-state index is -0.555. The molecule has 7 nitrogen and oxygen atoms in total. The molecule has 0 aromatic heterocycles. The van der Waals surface area contributed by atoms with Crippen LogP contribution in [-0.2, 0) is 27.5 Å². The Kier molecular flexibility index (Phi) is 7.54. The normalized spacial score (nSPS) is 16.2. The number of hydrogen-bond acceptors (Lipinski definition) is 5. The highest BCUT2D eigenvalue weighted by Crippen LogP contribution is 2.45.